The second-order valence-corrected chi connectivity index (χ2v) is 6.79. The molecule has 0 spiro atoms. The summed E-state index contributed by atoms with van der Waals surface area (Å²) in [6.07, 6.45) is 2.75. The number of hydrogen-bond acceptors (Lipinski definition) is 5. The predicted octanol–water partition coefficient (Wildman–Crippen LogP) is 2.02. The van der Waals surface area contributed by atoms with Crippen LogP contribution in [0.3, 0.4) is 0 Å². The van der Waals surface area contributed by atoms with Crippen molar-refractivity contribution in [3.8, 4) is 5.75 Å². The van der Waals surface area contributed by atoms with Crippen molar-refractivity contribution in [1.82, 2.24) is 25.4 Å². The topological polar surface area (TPSA) is 85.6 Å². The van der Waals surface area contributed by atoms with E-state index in [-0.39, 0.29) is 24.0 Å². The number of guanidine groups is 1. The van der Waals surface area contributed by atoms with E-state index < -0.39 is 0 Å². The molecule has 154 valence electrons. The lowest BCUT2D eigenvalue weighted by Gasteiger charge is -2.17. The van der Waals surface area contributed by atoms with Crippen molar-refractivity contribution in [2.24, 2.45) is 18.0 Å². The largest absolute Gasteiger partial charge is 0.493 e. The lowest BCUT2D eigenvalue weighted by atomic mass is 10.1. The summed E-state index contributed by atoms with van der Waals surface area (Å²) in [5, 5.41) is 14.5. The monoisotopic (exact) mass is 500 g/mol. The van der Waals surface area contributed by atoms with Crippen LogP contribution in [-0.2, 0) is 24.9 Å². The highest BCUT2D eigenvalue weighted by Crippen LogP contribution is 2.22. The number of benzene rings is 1. The molecule has 0 saturated carbocycles. The lowest BCUT2D eigenvalue weighted by Crippen LogP contribution is -2.37. The summed E-state index contributed by atoms with van der Waals surface area (Å²) in [7, 11) is 3.66. The number of rotatable bonds is 7. The first kappa shape index (κ1) is 22.4. The number of aryl methyl sites for hydroxylation is 2. The van der Waals surface area contributed by atoms with Crippen molar-refractivity contribution < 1.29 is 9.47 Å². The van der Waals surface area contributed by atoms with Crippen LogP contribution in [0.2, 0.25) is 0 Å². The van der Waals surface area contributed by atoms with E-state index in [1.807, 2.05) is 11.6 Å². The number of ether oxygens (including phenoxy) is 2. The van der Waals surface area contributed by atoms with E-state index in [0.717, 1.165) is 36.8 Å². The molecule has 0 radical (unpaired) electrons. The van der Waals surface area contributed by atoms with Gasteiger partial charge in [0.1, 0.15) is 12.1 Å². The number of halogens is 1. The van der Waals surface area contributed by atoms with Gasteiger partial charge in [0.2, 0.25) is 0 Å². The Balaban J connectivity index is 0.00000280. The Hall–Kier alpha value is -1.88. The maximum atomic E-state index is 6.10. The van der Waals surface area contributed by atoms with Gasteiger partial charge in [0, 0.05) is 38.7 Å². The summed E-state index contributed by atoms with van der Waals surface area (Å²) in [5.74, 6) is 2.94. The second kappa shape index (κ2) is 11.2. The van der Waals surface area contributed by atoms with Crippen LogP contribution in [0.25, 0.3) is 0 Å². The van der Waals surface area contributed by atoms with Crippen molar-refractivity contribution >= 4 is 29.9 Å². The van der Waals surface area contributed by atoms with Gasteiger partial charge in [-0.1, -0.05) is 12.1 Å². The van der Waals surface area contributed by atoms with Gasteiger partial charge in [-0.2, -0.15) is 0 Å². The minimum Gasteiger partial charge on any atom is -0.493 e. The molecule has 2 N–H and O–H groups in total. The maximum Gasteiger partial charge on any atom is 0.191 e. The molecule has 1 fully saturated rings. The SMILES string of the molecule is CN=C(NCc1ccc(C)cc1OCC1CCOC1)NCc1nncn1C.I. The molecule has 1 aliphatic rings. The Kier molecular flexibility index (Phi) is 8.97. The van der Waals surface area contributed by atoms with Gasteiger partial charge in [-0.15, -0.1) is 34.2 Å². The molecule has 1 atom stereocenters. The average molecular weight is 500 g/mol. The summed E-state index contributed by atoms with van der Waals surface area (Å²) in [6, 6.07) is 6.28. The molecule has 1 unspecified atom stereocenters. The second-order valence-electron chi connectivity index (χ2n) is 6.79. The fourth-order valence-electron chi connectivity index (χ4n) is 2.89. The van der Waals surface area contributed by atoms with Crippen LogP contribution < -0.4 is 15.4 Å². The normalized spacial score (nSPS) is 16.5. The van der Waals surface area contributed by atoms with Crippen LogP contribution in [0.1, 0.15) is 23.4 Å². The number of nitrogens with one attached hydrogen (secondary N) is 2. The summed E-state index contributed by atoms with van der Waals surface area (Å²) >= 11 is 0. The van der Waals surface area contributed by atoms with E-state index in [4.69, 9.17) is 9.47 Å². The summed E-state index contributed by atoms with van der Waals surface area (Å²) in [6.45, 7) is 5.56. The third kappa shape index (κ3) is 6.33. The Bertz CT molecular complexity index is 774. The molecule has 9 heteroatoms. The van der Waals surface area contributed by atoms with Crippen LogP contribution in [0.5, 0.6) is 5.75 Å². The molecular weight excluding hydrogens is 471 g/mol. The Morgan fingerprint density at radius 3 is 2.86 bits per heavy atom. The van der Waals surface area contributed by atoms with Gasteiger partial charge in [-0.3, -0.25) is 4.99 Å². The van der Waals surface area contributed by atoms with Crippen molar-refractivity contribution in [2.75, 3.05) is 26.9 Å². The van der Waals surface area contributed by atoms with Gasteiger partial charge in [0.25, 0.3) is 0 Å². The molecule has 1 saturated heterocycles. The highest BCUT2D eigenvalue weighted by molar-refractivity contribution is 14.0. The smallest absolute Gasteiger partial charge is 0.191 e. The Morgan fingerprint density at radius 1 is 1.36 bits per heavy atom. The van der Waals surface area contributed by atoms with E-state index in [1.165, 1.54) is 5.56 Å². The van der Waals surface area contributed by atoms with Gasteiger partial charge >= 0.3 is 0 Å². The molecule has 1 aliphatic heterocycles. The van der Waals surface area contributed by atoms with Gasteiger partial charge in [-0.05, 0) is 25.0 Å². The molecule has 1 aromatic heterocycles. The third-order valence-electron chi connectivity index (χ3n) is 4.61. The van der Waals surface area contributed by atoms with Crippen LogP contribution in [0, 0.1) is 12.8 Å². The summed E-state index contributed by atoms with van der Waals surface area (Å²) < 4.78 is 13.4. The molecule has 2 heterocycles. The Labute approximate surface area is 183 Å². The molecule has 8 nitrogen and oxygen atoms in total. The molecule has 0 amide bonds. The van der Waals surface area contributed by atoms with Crippen LogP contribution in [0.4, 0.5) is 0 Å². The van der Waals surface area contributed by atoms with Crippen molar-refractivity contribution in [1.29, 1.82) is 0 Å². The zero-order valence-electron chi connectivity index (χ0n) is 16.6. The van der Waals surface area contributed by atoms with Gasteiger partial charge in [0.15, 0.2) is 11.8 Å². The Morgan fingerprint density at radius 2 is 2.18 bits per heavy atom. The molecule has 0 bridgehead atoms. The number of aromatic nitrogens is 3. The van der Waals surface area contributed by atoms with Crippen molar-refractivity contribution in [3.63, 3.8) is 0 Å². The maximum absolute atomic E-state index is 6.10. The molecule has 1 aromatic carbocycles. The quantitative estimate of drug-likeness (QED) is 0.344. The van der Waals surface area contributed by atoms with E-state index >= 15 is 0 Å². The first-order valence-corrected chi connectivity index (χ1v) is 9.23. The van der Waals surface area contributed by atoms with Crippen LogP contribution >= 0.6 is 24.0 Å². The molecule has 2 aromatic rings. The van der Waals surface area contributed by atoms with E-state index in [0.29, 0.717) is 31.6 Å². The lowest BCUT2D eigenvalue weighted by molar-refractivity contribution is 0.166. The van der Waals surface area contributed by atoms with E-state index in [9.17, 15) is 0 Å². The van der Waals surface area contributed by atoms with Gasteiger partial charge in [0.05, 0.1) is 19.8 Å². The molecule has 3 rings (SSSR count). The molecule has 0 aliphatic carbocycles. The predicted molar refractivity (Wildman–Crippen MR) is 119 cm³/mol. The van der Waals surface area contributed by atoms with Crippen molar-refractivity contribution in [3.05, 3.63) is 41.5 Å². The minimum atomic E-state index is 0. The van der Waals surface area contributed by atoms with Gasteiger partial charge in [-0.25, -0.2) is 0 Å². The standard InChI is InChI=1S/C19H28N6O2.HI/c1-14-4-5-16(17(8-14)27-12-15-6-7-26-11-15)9-21-19(20-2)22-10-18-24-23-13-25(18)3;/h4-5,8,13,15H,6-7,9-12H2,1-3H3,(H2,20,21,22);1H. The average Bonchev–Trinajstić information content (AvgIpc) is 3.33. The van der Waals surface area contributed by atoms with E-state index in [2.05, 4.69) is 50.9 Å². The number of aliphatic imine (C=N–C) groups is 1. The molecule has 28 heavy (non-hydrogen) atoms. The first-order chi connectivity index (χ1) is 13.2. The van der Waals surface area contributed by atoms with Crippen LogP contribution in [0.15, 0.2) is 29.5 Å². The highest BCUT2D eigenvalue weighted by atomic mass is 127. The third-order valence-corrected chi connectivity index (χ3v) is 4.61. The van der Waals surface area contributed by atoms with Crippen molar-refractivity contribution in [2.45, 2.75) is 26.4 Å². The fraction of sp³-hybridized carbons (Fsp3) is 0.526. The van der Waals surface area contributed by atoms with Gasteiger partial charge < -0.3 is 24.7 Å². The zero-order valence-corrected chi connectivity index (χ0v) is 19.0. The van der Waals surface area contributed by atoms with E-state index in [1.54, 1.807) is 13.4 Å². The van der Waals surface area contributed by atoms with Crippen LogP contribution in [-0.4, -0.2) is 47.6 Å². The highest BCUT2D eigenvalue weighted by Gasteiger charge is 2.17. The minimum absolute atomic E-state index is 0. The number of hydrogen-bond donors (Lipinski definition) is 2. The number of nitrogens with zero attached hydrogens (tertiary/aromatic N) is 4. The first-order valence-electron chi connectivity index (χ1n) is 9.23. The zero-order chi connectivity index (χ0) is 19.1. The summed E-state index contributed by atoms with van der Waals surface area (Å²) in [5.41, 5.74) is 2.28. The summed E-state index contributed by atoms with van der Waals surface area (Å²) in [4.78, 5) is 4.27. The fourth-order valence-corrected chi connectivity index (χ4v) is 2.89. The molecular formula is C19H29IN6O2.